The molecule has 1 heterocycles. The molecule has 0 amide bonds. The van der Waals surface area contributed by atoms with Gasteiger partial charge in [-0.05, 0) is 42.3 Å². The maximum atomic E-state index is 5.59. The van der Waals surface area contributed by atoms with Gasteiger partial charge in [-0.25, -0.2) is 0 Å². The van der Waals surface area contributed by atoms with Crippen LogP contribution < -0.4 is 10.1 Å². The van der Waals surface area contributed by atoms with Gasteiger partial charge in [-0.2, -0.15) is 5.10 Å². The van der Waals surface area contributed by atoms with Crippen molar-refractivity contribution in [3.8, 4) is 28.1 Å². The molecule has 0 aliphatic rings. The monoisotopic (exact) mass is 351 g/mol. The number of nitrogens with one attached hydrogen (secondary N) is 2. The SMILES string of the molecule is COC[C@H](C)NCc1ccc(OC)c(-c2cccc(-c3ccn[nH]3)c2)c1. The molecule has 136 valence electrons. The normalized spacial score (nSPS) is 12.1. The first-order valence-electron chi connectivity index (χ1n) is 8.70. The molecule has 1 aromatic heterocycles. The summed E-state index contributed by atoms with van der Waals surface area (Å²) in [5.74, 6) is 0.862. The van der Waals surface area contributed by atoms with Gasteiger partial charge in [0.2, 0.25) is 0 Å². The Hall–Kier alpha value is -2.63. The summed E-state index contributed by atoms with van der Waals surface area (Å²) in [4.78, 5) is 0. The van der Waals surface area contributed by atoms with Crippen LogP contribution in [0.15, 0.2) is 54.7 Å². The van der Waals surface area contributed by atoms with Crippen LogP contribution in [0.3, 0.4) is 0 Å². The van der Waals surface area contributed by atoms with E-state index in [0.29, 0.717) is 12.6 Å². The summed E-state index contributed by atoms with van der Waals surface area (Å²) in [6.07, 6.45) is 1.76. The first-order chi connectivity index (χ1) is 12.7. The maximum Gasteiger partial charge on any atom is 0.126 e. The molecule has 0 saturated heterocycles. The van der Waals surface area contributed by atoms with Gasteiger partial charge in [-0.1, -0.05) is 24.3 Å². The summed E-state index contributed by atoms with van der Waals surface area (Å²) < 4.78 is 10.8. The number of nitrogens with zero attached hydrogens (tertiary/aromatic N) is 1. The molecule has 0 unspecified atom stereocenters. The van der Waals surface area contributed by atoms with Crippen LogP contribution in [0.25, 0.3) is 22.4 Å². The molecular formula is C21H25N3O2. The standard InChI is InChI=1S/C21H25N3O2/c1-15(14-25-2)22-13-16-7-8-21(26-3)19(11-16)17-5-4-6-18(12-17)20-9-10-23-24-20/h4-12,15,22H,13-14H2,1-3H3,(H,23,24)/t15-/m0/s1. The second-order valence-corrected chi connectivity index (χ2v) is 6.32. The third-order valence-corrected chi connectivity index (χ3v) is 4.32. The zero-order chi connectivity index (χ0) is 18.4. The van der Waals surface area contributed by atoms with Crippen LogP contribution in [0.4, 0.5) is 0 Å². The van der Waals surface area contributed by atoms with Crippen molar-refractivity contribution in [1.82, 2.24) is 15.5 Å². The van der Waals surface area contributed by atoms with Gasteiger partial charge in [0, 0.05) is 37.0 Å². The van der Waals surface area contributed by atoms with E-state index in [1.807, 2.05) is 12.1 Å². The van der Waals surface area contributed by atoms with E-state index in [4.69, 9.17) is 9.47 Å². The van der Waals surface area contributed by atoms with Gasteiger partial charge in [0.15, 0.2) is 0 Å². The summed E-state index contributed by atoms with van der Waals surface area (Å²) in [7, 11) is 3.42. The highest BCUT2D eigenvalue weighted by Crippen LogP contribution is 2.33. The van der Waals surface area contributed by atoms with Crippen LogP contribution in [0.1, 0.15) is 12.5 Å². The maximum absolute atomic E-state index is 5.59. The summed E-state index contributed by atoms with van der Waals surface area (Å²) in [6.45, 7) is 3.58. The van der Waals surface area contributed by atoms with Crippen molar-refractivity contribution in [3.63, 3.8) is 0 Å². The lowest BCUT2D eigenvalue weighted by molar-refractivity contribution is 0.171. The number of ether oxygens (including phenoxy) is 2. The van der Waals surface area contributed by atoms with E-state index >= 15 is 0 Å². The van der Waals surface area contributed by atoms with Crippen LogP contribution in [0, 0.1) is 0 Å². The van der Waals surface area contributed by atoms with Gasteiger partial charge in [-0.3, -0.25) is 5.10 Å². The van der Waals surface area contributed by atoms with E-state index in [1.54, 1.807) is 20.4 Å². The first kappa shape index (κ1) is 18.2. The Bertz CT molecular complexity index is 831. The van der Waals surface area contributed by atoms with E-state index in [2.05, 4.69) is 58.8 Å². The molecule has 0 radical (unpaired) electrons. The quantitative estimate of drug-likeness (QED) is 0.647. The minimum Gasteiger partial charge on any atom is -0.496 e. The fraction of sp³-hybridized carbons (Fsp3) is 0.286. The van der Waals surface area contributed by atoms with Crippen molar-refractivity contribution in [2.75, 3.05) is 20.8 Å². The van der Waals surface area contributed by atoms with Crippen LogP contribution in [-0.4, -0.2) is 37.1 Å². The number of H-pyrrole nitrogens is 1. The van der Waals surface area contributed by atoms with Crippen LogP contribution in [0.2, 0.25) is 0 Å². The van der Waals surface area contributed by atoms with Crippen molar-refractivity contribution in [1.29, 1.82) is 0 Å². The zero-order valence-electron chi connectivity index (χ0n) is 15.5. The molecule has 1 atom stereocenters. The second kappa shape index (κ2) is 8.65. The lowest BCUT2D eigenvalue weighted by Crippen LogP contribution is -2.29. The van der Waals surface area contributed by atoms with Crippen molar-refractivity contribution in [2.24, 2.45) is 0 Å². The molecule has 5 nitrogen and oxygen atoms in total. The van der Waals surface area contributed by atoms with Gasteiger partial charge < -0.3 is 14.8 Å². The third kappa shape index (κ3) is 4.31. The zero-order valence-corrected chi connectivity index (χ0v) is 15.5. The number of aromatic amines is 1. The smallest absolute Gasteiger partial charge is 0.126 e. The van der Waals surface area contributed by atoms with E-state index in [-0.39, 0.29) is 0 Å². The highest BCUT2D eigenvalue weighted by molar-refractivity contribution is 5.75. The van der Waals surface area contributed by atoms with Crippen molar-refractivity contribution < 1.29 is 9.47 Å². The fourth-order valence-electron chi connectivity index (χ4n) is 2.96. The molecule has 5 heteroatoms. The predicted molar refractivity (Wildman–Crippen MR) is 104 cm³/mol. The van der Waals surface area contributed by atoms with Gasteiger partial charge in [-0.15, -0.1) is 0 Å². The lowest BCUT2D eigenvalue weighted by atomic mass is 9.99. The van der Waals surface area contributed by atoms with E-state index in [9.17, 15) is 0 Å². The average molecular weight is 351 g/mol. The molecule has 0 fully saturated rings. The number of benzene rings is 2. The number of rotatable bonds is 8. The van der Waals surface area contributed by atoms with Crippen LogP contribution >= 0.6 is 0 Å². The minimum atomic E-state index is 0.300. The van der Waals surface area contributed by atoms with Gasteiger partial charge in [0.05, 0.1) is 19.4 Å². The summed E-state index contributed by atoms with van der Waals surface area (Å²) in [5, 5.41) is 10.5. The summed E-state index contributed by atoms with van der Waals surface area (Å²) >= 11 is 0. The Labute approximate surface area is 154 Å². The number of hydrogen-bond donors (Lipinski definition) is 2. The van der Waals surface area contributed by atoms with Gasteiger partial charge in [0.1, 0.15) is 5.75 Å². The van der Waals surface area contributed by atoms with E-state index in [0.717, 1.165) is 34.7 Å². The molecule has 2 N–H and O–H groups in total. The summed E-state index contributed by atoms with van der Waals surface area (Å²) in [5.41, 5.74) is 5.49. The topological polar surface area (TPSA) is 59.2 Å². The molecule has 0 saturated carbocycles. The largest absolute Gasteiger partial charge is 0.496 e. The highest BCUT2D eigenvalue weighted by atomic mass is 16.5. The molecule has 0 bridgehead atoms. The van der Waals surface area contributed by atoms with Crippen LogP contribution in [0.5, 0.6) is 5.75 Å². The first-order valence-corrected chi connectivity index (χ1v) is 8.70. The number of methoxy groups -OCH3 is 2. The molecule has 3 aromatic rings. The predicted octanol–water partition coefficient (Wildman–Crippen LogP) is 3.88. The van der Waals surface area contributed by atoms with Gasteiger partial charge in [0.25, 0.3) is 0 Å². The molecule has 3 rings (SSSR count). The Morgan fingerprint density at radius 2 is 1.92 bits per heavy atom. The fourth-order valence-corrected chi connectivity index (χ4v) is 2.96. The second-order valence-electron chi connectivity index (χ2n) is 6.32. The summed E-state index contributed by atoms with van der Waals surface area (Å²) in [6, 6.07) is 16.9. The Kier molecular flexibility index (Phi) is 6.04. The number of aromatic nitrogens is 2. The molecule has 0 aliphatic heterocycles. The molecule has 0 spiro atoms. The highest BCUT2D eigenvalue weighted by Gasteiger charge is 2.10. The molecule has 2 aromatic carbocycles. The van der Waals surface area contributed by atoms with Crippen molar-refractivity contribution in [3.05, 3.63) is 60.3 Å². The van der Waals surface area contributed by atoms with Crippen molar-refractivity contribution >= 4 is 0 Å². The third-order valence-electron chi connectivity index (χ3n) is 4.32. The lowest BCUT2D eigenvalue weighted by Gasteiger charge is -2.15. The molecule has 26 heavy (non-hydrogen) atoms. The Morgan fingerprint density at radius 1 is 1.08 bits per heavy atom. The van der Waals surface area contributed by atoms with Gasteiger partial charge >= 0.3 is 0 Å². The Balaban J connectivity index is 1.88. The molecular weight excluding hydrogens is 326 g/mol. The van der Waals surface area contributed by atoms with Crippen LogP contribution in [-0.2, 0) is 11.3 Å². The number of hydrogen-bond acceptors (Lipinski definition) is 4. The van der Waals surface area contributed by atoms with E-state index in [1.165, 1.54) is 5.56 Å². The molecule has 0 aliphatic carbocycles. The average Bonchev–Trinajstić information content (AvgIpc) is 3.21. The Morgan fingerprint density at radius 3 is 2.65 bits per heavy atom. The van der Waals surface area contributed by atoms with E-state index < -0.39 is 0 Å². The van der Waals surface area contributed by atoms with Crippen molar-refractivity contribution in [2.45, 2.75) is 19.5 Å². The minimum absolute atomic E-state index is 0.300.